The van der Waals surface area contributed by atoms with Crippen LogP contribution in [-0.4, -0.2) is 47.4 Å². The van der Waals surface area contributed by atoms with Gasteiger partial charge in [0.25, 0.3) is 0 Å². The monoisotopic (exact) mass is 346 g/mol. The second-order valence-corrected chi connectivity index (χ2v) is 7.43. The van der Waals surface area contributed by atoms with Gasteiger partial charge in [-0.1, -0.05) is 6.07 Å². The number of phenols is 2. The third kappa shape index (κ3) is 5.26. The molecule has 8 nitrogen and oxygen atoms in total. The number of hydrogen-bond acceptors (Lipinski definition) is 7. The summed E-state index contributed by atoms with van der Waals surface area (Å²) in [6.45, 7) is 0. The van der Waals surface area contributed by atoms with Crippen molar-refractivity contribution in [3.05, 3.63) is 23.8 Å². The summed E-state index contributed by atoms with van der Waals surface area (Å²) in [5.74, 6) is -2.24. The molecule has 1 aromatic rings. The first-order valence-electron chi connectivity index (χ1n) is 6.68. The quantitative estimate of drug-likeness (QED) is 0.385. The van der Waals surface area contributed by atoms with Crippen LogP contribution in [0.4, 0.5) is 0 Å². The number of phenolic OH excluding ortho intramolecular Hbond substituents is 2. The van der Waals surface area contributed by atoms with E-state index in [9.17, 15) is 29.3 Å². The minimum Gasteiger partial charge on any atom is -0.504 e. The summed E-state index contributed by atoms with van der Waals surface area (Å²) in [6.07, 6.45) is -1.08. The van der Waals surface area contributed by atoms with Crippen molar-refractivity contribution in [2.24, 2.45) is 0 Å². The summed E-state index contributed by atoms with van der Waals surface area (Å²) >= 11 is 0. The van der Waals surface area contributed by atoms with Crippen LogP contribution < -0.4 is 0 Å². The number of esters is 2. The Morgan fingerprint density at radius 3 is 2.26 bits per heavy atom. The van der Waals surface area contributed by atoms with Crippen molar-refractivity contribution in [1.82, 2.24) is 0 Å². The SMILES string of the molecule is COC(=O)CCP(=O)(O)C(CC(=O)OC)c1ccc(O)c(O)c1. The van der Waals surface area contributed by atoms with Gasteiger partial charge in [-0.05, 0) is 17.7 Å². The summed E-state index contributed by atoms with van der Waals surface area (Å²) in [4.78, 5) is 33.0. The fraction of sp³-hybridized carbons (Fsp3) is 0.429. The van der Waals surface area contributed by atoms with Gasteiger partial charge in [0.15, 0.2) is 11.5 Å². The van der Waals surface area contributed by atoms with Gasteiger partial charge in [-0.2, -0.15) is 0 Å². The average molecular weight is 346 g/mol. The number of carbonyl (C=O) groups is 2. The second kappa shape index (κ2) is 7.99. The van der Waals surface area contributed by atoms with Crippen LogP contribution in [0.2, 0.25) is 0 Å². The summed E-state index contributed by atoms with van der Waals surface area (Å²) in [5.41, 5.74) is -0.993. The number of aromatic hydroxyl groups is 2. The molecule has 1 aromatic carbocycles. The van der Waals surface area contributed by atoms with Crippen LogP contribution in [0.15, 0.2) is 18.2 Å². The highest BCUT2D eigenvalue weighted by atomic mass is 31.2. The standard InChI is InChI=1S/C14H19O8P/c1-21-13(17)5-6-23(19,20)12(8-14(18)22-2)9-3-4-10(15)11(16)7-9/h3-4,7,12,15-16H,5-6,8H2,1-2H3,(H,19,20). The van der Waals surface area contributed by atoms with Crippen LogP contribution in [-0.2, 0) is 23.6 Å². The van der Waals surface area contributed by atoms with Gasteiger partial charge in [0, 0.05) is 6.16 Å². The van der Waals surface area contributed by atoms with E-state index in [1.165, 1.54) is 6.07 Å². The van der Waals surface area contributed by atoms with E-state index in [2.05, 4.69) is 9.47 Å². The van der Waals surface area contributed by atoms with Gasteiger partial charge in [0.05, 0.1) is 32.7 Å². The predicted octanol–water partition coefficient (Wildman–Crippen LogP) is 1.54. The number of carbonyl (C=O) groups excluding carboxylic acids is 2. The van der Waals surface area contributed by atoms with Crippen molar-refractivity contribution in [2.45, 2.75) is 18.5 Å². The Labute approximate surface area is 133 Å². The van der Waals surface area contributed by atoms with Crippen molar-refractivity contribution in [2.75, 3.05) is 20.4 Å². The molecule has 0 aliphatic rings. The van der Waals surface area contributed by atoms with E-state index in [1.807, 2.05) is 0 Å². The van der Waals surface area contributed by atoms with Gasteiger partial charge in [-0.25, -0.2) is 0 Å². The van der Waals surface area contributed by atoms with Crippen LogP contribution in [0.3, 0.4) is 0 Å². The maximum Gasteiger partial charge on any atom is 0.306 e. The Hall–Kier alpha value is -2.05. The molecule has 0 saturated heterocycles. The number of benzene rings is 1. The third-order valence-electron chi connectivity index (χ3n) is 3.32. The molecule has 2 atom stereocenters. The molecule has 0 aliphatic carbocycles. The topological polar surface area (TPSA) is 130 Å². The van der Waals surface area contributed by atoms with E-state index in [0.717, 1.165) is 26.4 Å². The predicted molar refractivity (Wildman–Crippen MR) is 80.5 cm³/mol. The molecule has 0 fully saturated rings. The zero-order valence-electron chi connectivity index (χ0n) is 12.8. The number of rotatable bonds is 7. The van der Waals surface area contributed by atoms with Gasteiger partial charge in [-0.15, -0.1) is 0 Å². The molecular formula is C14H19O8P. The fourth-order valence-corrected chi connectivity index (χ4v) is 3.87. The highest BCUT2D eigenvalue weighted by molar-refractivity contribution is 7.58. The Bertz CT molecular complexity index is 627. The molecule has 0 bridgehead atoms. The summed E-state index contributed by atoms with van der Waals surface area (Å²) in [6, 6.07) is 3.57. The van der Waals surface area contributed by atoms with Gasteiger partial charge >= 0.3 is 11.9 Å². The molecule has 0 aliphatic heterocycles. The molecular weight excluding hydrogens is 327 g/mol. The highest BCUT2D eigenvalue weighted by Gasteiger charge is 2.35. The van der Waals surface area contributed by atoms with E-state index in [1.54, 1.807) is 0 Å². The van der Waals surface area contributed by atoms with Crippen molar-refractivity contribution in [1.29, 1.82) is 0 Å². The first-order valence-corrected chi connectivity index (χ1v) is 8.59. The molecule has 23 heavy (non-hydrogen) atoms. The molecule has 0 heterocycles. The molecule has 0 saturated carbocycles. The fourth-order valence-electron chi connectivity index (χ4n) is 1.99. The largest absolute Gasteiger partial charge is 0.504 e. The zero-order chi connectivity index (χ0) is 17.6. The molecule has 1 rings (SSSR count). The smallest absolute Gasteiger partial charge is 0.306 e. The number of hydrogen-bond donors (Lipinski definition) is 3. The van der Waals surface area contributed by atoms with Crippen molar-refractivity contribution in [3.63, 3.8) is 0 Å². The van der Waals surface area contributed by atoms with E-state index in [4.69, 9.17) is 0 Å². The first kappa shape index (κ1) is 19.0. The summed E-state index contributed by atoms with van der Waals surface area (Å²) in [5, 5.41) is 18.9. The number of methoxy groups -OCH3 is 2. The minimum absolute atomic E-state index is 0.182. The summed E-state index contributed by atoms with van der Waals surface area (Å²) < 4.78 is 21.5. The molecule has 0 spiro atoms. The Morgan fingerprint density at radius 1 is 1.13 bits per heavy atom. The Balaban J connectivity index is 3.12. The van der Waals surface area contributed by atoms with Crippen molar-refractivity contribution in [3.8, 4) is 11.5 Å². The average Bonchev–Trinajstić information content (AvgIpc) is 2.52. The van der Waals surface area contributed by atoms with Gasteiger partial charge in [-0.3, -0.25) is 14.2 Å². The van der Waals surface area contributed by atoms with Crippen LogP contribution in [0, 0.1) is 0 Å². The molecule has 2 unspecified atom stereocenters. The molecule has 0 radical (unpaired) electrons. The van der Waals surface area contributed by atoms with E-state index < -0.39 is 42.9 Å². The van der Waals surface area contributed by atoms with Crippen LogP contribution in [0.25, 0.3) is 0 Å². The van der Waals surface area contributed by atoms with E-state index in [-0.39, 0.29) is 18.1 Å². The van der Waals surface area contributed by atoms with Gasteiger partial charge in [0.2, 0.25) is 7.37 Å². The molecule has 3 N–H and O–H groups in total. The first-order chi connectivity index (χ1) is 10.7. The molecule has 9 heteroatoms. The Kier molecular flexibility index (Phi) is 6.60. The highest BCUT2D eigenvalue weighted by Crippen LogP contribution is 2.58. The maximum absolute atomic E-state index is 12.6. The van der Waals surface area contributed by atoms with Crippen molar-refractivity contribution >= 4 is 19.3 Å². The summed E-state index contributed by atoms with van der Waals surface area (Å²) in [7, 11) is -1.68. The maximum atomic E-state index is 12.6. The second-order valence-electron chi connectivity index (χ2n) is 4.85. The number of ether oxygens (including phenoxy) is 2. The van der Waals surface area contributed by atoms with Gasteiger partial charge < -0.3 is 24.6 Å². The lowest BCUT2D eigenvalue weighted by Crippen LogP contribution is -2.13. The molecule has 128 valence electrons. The van der Waals surface area contributed by atoms with E-state index in [0.29, 0.717) is 0 Å². The zero-order valence-corrected chi connectivity index (χ0v) is 13.7. The van der Waals surface area contributed by atoms with E-state index >= 15 is 0 Å². The lowest BCUT2D eigenvalue weighted by Gasteiger charge is -2.22. The Morgan fingerprint density at radius 2 is 1.74 bits per heavy atom. The third-order valence-corrected chi connectivity index (χ3v) is 5.64. The van der Waals surface area contributed by atoms with Gasteiger partial charge in [0.1, 0.15) is 0 Å². The lowest BCUT2D eigenvalue weighted by molar-refractivity contribution is -0.141. The lowest BCUT2D eigenvalue weighted by atomic mass is 10.1. The molecule has 0 aromatic heterocycles. The normalized spacial score (nSPS) is 14.6. The minimum atomic E-state index is -3.99. The van der Waals surface area contributed by atoms with Crippen LogP contribution >= 0.6 is 7.37 Å². The van der Waals surface area contributed by atoms with Crippen LogP contribution in [0.1, 0.15) is 24.1 Å². The van der Waals surface area contributed by atoms with Crippen LogP contribution in [0.5, 0.6) is 11.5 Å². The molecule has 0 amide bonds. The van der Waals surface area contributed by atoms with Crippen molar-refractivity contribution < 1.29 is 38.7 Å².